The third kappa shape index (κ3) is 4.64. The molecule has 1 aliphatic carbocycles. The van der Waals surface area contributed by atoms with E-state index >= 15 is 0 Å². The molecule has 3 unspecified atom stereocenters. The fraction of sp³-hybridized carbons (Fsp3) is 0.923. The molecule has 1 aliphatic rings. The first-order valence-electron chi connectivity index (χ1n) is 6.77. The normalized spacial score (nSPS) is 27.4. The highest BCUT2D eigenvalue weighted by Crippen LogP contribution is 2.32. The Balaban J connectivity index is 2.56. The van der Waals surface area contributed by atoms with Gasteiger partial charge in [0.1, 0.15) is 0 Å². The highest BCUT2D eigenvalue weighted by atomic mass is 16.4. The molecule has 100 valence electrons. The Kier molecular flexibility index (Phi) is 6.52. The number of aliphatic hydroxyl groups is 1. The second-order valence-corrected chi connectivity index (χ2v) is 5.10. The Labute approximate surface area is 103 Å². The summed E-state index contributed by atoms with van der Waals surface area (Å²) in [6.07, 6.45) is 6.71. The van der Waals surface area contributed by atoms with Gasteiger partial charge in [0.05, 0.1) is 12.0 Å². The van der Waals surface area contributed by atoms with Crippen LogP contribution in [0.15, 0.2) is 0 Å². The van der Waals surface area contributed by atoms with Crippen molar-refractivity contribution in [1.82, 2.24) is 0 Å². The first-order chi connectivity index (χ1) is 8.16. The first kappa shape index (κ1) is 14.5. The molecule has 4 heteroatoms. The van der Waals surface area contributed by atoms with Gasteiger partial charge in [0.25, 0.3) is 0 Å². The second kappa shape index (κ2) is 7.67. The van der Waals surface area contributed by atoms with Crippen molar-refractivity contribution in [3.63, 3.8) is 0 Å². The van der Waals surface area contributed by atoms with Crippen LogP contribution in [0.4, 0.5) is 0 Å². The van der Waals surface area contributed by atoms with E-state index in [9.17, 15) is 15.0 Å². The van der Waals surface area contributed by atoms with Crippen molar-refractivity contribution in [2.24, 2.45) is 17.6 Å². The van der Waals surface area contributed by atoms with Crippen LogP contribution in [0.25, 0.3) is 0 Å². The highest BCUT2D eigenvalue weighted by Gasteiger charge is 2.33. The average Bonchev–Trinajstić information content (AvgIpc) is 2.49. The quantitative estimate of drug-likeness (QED) is 0.490. The van der Waals surface area contributed by atoms with Crippen molar-refractivity contribution in [3.05, 3.63) is 0 Å². The molecule has 17 heavy (non-hydrogen) atoms. The van der Waals surface area contributed by atoms with E-state index < -0.39 is 18.0 Å². The Hall–Kier alpha value is -0.610. The minimum absolute atomic E-state index is 0.0622. The maximum atomic E-state index is 11.3. The molecule has 0 aromatic carbocycles. The lowest BCUT2D eigenvalue weighted by Gasteiger charge is -2.26. The van der Waals surface area contributed by atoms with E-state index in [2.05, 4.69) is 0 Å². The Morgan fingerprint density at radius 1 is 1.24 bits per heavy atom. The minimum Gasteiger partial charge on any atom is -0.481 e. The third-order valence-electron chi connectivity index (χ3n) is 3.83. The standard InChI is InChI=1S/C13H25NO3/c14-9-5-4-7-11(13(16)17)10-6-2-1-3-8-12(10)15/h10-12,15H,1-9,14H2,(H,16,17). The molecule has 0 radical (unpaired) electrons. The zero-order chi connectivity index (χ0) is 12.7. The van der Waals surface area contributed by atoms with E-state index in [1.807, 2.05) is 0 Å². The average molecular weight is 243 g/mol. The van der Waals surface area contributed by atoms with E-state index in [1.54, 1.807) is 0 Å². The first-order valence-corrected chi connectivity index (χ1v) is 6.77. The molecule has 4 N–H and O–H groups in total. The van der Waals surface area contributed by atoms with Crippen LogP contribution in [-0.2, 0) is 4.79 Å². The highest BCUT2D eigenvalue weighted by molar-refractivity contribution is 5.70. The van der Waals surface area contributed by atoms with Crippen molar-refractivity contribution in [2.75, 3.05) is 6.54 Å². The summed E-state index contributed by atoms with van der Waals surface area (Å²) in [5.74, 6) is -1.21. The molecule has 3 atom stereocenters. The monoisotopic (exact) mass is 243 g/mol. The van der Waals surface area contributed by atoms with E-state index in [-0.39, 0.29) is 5.92 Å². The number of hydrogen-bond donors (Lipinski definition) is 3. The van der Waals surface area contributed by atoms with Gasteiger partial charge in [0.15, 0.2) is 0 Å². The molecule has 0 bridgehead atoms. The van der Waals surface area contributed by atoms with Gasteiger partial charge in [0.2, 0.25) is 0 Å². The molecule has 0 saturated heterocycles. The maximum Gasteiger partial charge on any atom is 0.306 e. The fourth-order valence-corrected chi connectivity index (χ4v) is 2.82. The Morgan fingerprint density at radius 2 is 1.94 bits per heavy atom. The summed E-state index contributed by atoms with van der Waals surface area (Å²) in [5, 5.41) is 19.3. The number of carboxylic acids is 1. The van der Waals surface area contributed by atoms with Gasteiger partial charge in [-0.1, -0.05) is 25.7 Å². The molecule has 0 aromatic heterocycles. The van der Waals surface area contributed by atoms with Crippen molar-refractivity contribution in [2.45, 2.75) is 57.5 Å². The number of aliphatic hydroxyl groups excluding tert-OH is 1. The molecule has 0 spiro atoms. The Bertz CT molecular complexity index is 233. The number of aliphatic carboxylic acids is 1. The van der Waals surface area contributed by atoms with Crippen LogP contribution in [0.2, 0.25) is 0 Å². The van der Waals surface area contributed by atoms with Crippen LogP contribution in [0.1, 0.15) is 51.4 Å². The summed E-state index contributed by atoms with van der Waals surface area (Å²) in [7, 11) is 0. The molecule has 0 aliphatic heterocycles. The SMILES string of the molecule is NCCCCC(C(=O)O)C1CCCCCC1O. The number of hydrogen-bond acceptors (Lipinski definition) is 3. The number of carboxylic acid groups (broad SMARTS) is 1. The third-order valence-corrected chi connectivity index (χ3v) is 3.83. The molecule has 4 nitrogen and oxygen atoms in total. The smallest absolute Gasteiger partial charge is 0.306 e. The minimum atomic E-state index is -0.757. The number of rotatable bonds is 6. The van der Waals surface area contributed by atoms with Gasteiger partial charge in [0, 0.05) is 0 Å². The van der Waals surface area contributed by atoms with E-state index in [0.29, 0.717) is 13.0 Å². The van der Waals surface area contributed by atoms with Crippen LogP contribution in [0, 0.1) is 11.8 Å². The lowest BCUT2D eigenvalue weighted by molar-refractivity contribution is -0.146. The zero-order valence-corrected chi connectivity index (χ0v) is 10.5. The molecule has 1 saturated carbocycles. The summed E-state index contributed by atoms with van der Waals surface area (Å²) >= 11 is 0. The van der Waals surface area contributed by atoms with Crippen molar-refractivity contribution < 1.29 is 15.0 Å². The van der Waals surface area contributed by atoms with Gasteiger partial charge in [-0.05, 0) is 38.1 Å². The molecular weight excluding hydrogens is 218 g/mol. The fourth-order valence-electron chi connectivity index (χ4n) is 2.82. The topological polar surface area (TPSA) is 83.6 Å². The summed E-state index contributed by atoms with van der Waals surface area (Å²) in [6.45, 7) is 0.611. The molecule has 1 fully saturated rings. The molecule has 0 heterocycles. The molecule has 0 aromatic rings. The zero-order valence-electron chi connectivity index (χ0n) is 10.5. The summed E-state index contributed by atoms with van der Waals surface area (Å²) in [4.78, 5) is 11.3. The van der Waals surface area contributed by atoms with Crippen LogP contribution in [0.5, 0.6) is 0 Å². The van der Waals surface area contributed by atoms with Gasteiger partial charge in [-0.25, -0.2) is 0 Å². The van der Waals surface area contributed by atoms with E-state index in [4.69, 9.17) is 5.73 Å². The van der Waals surface area contributed by atoms with Crippen LogP contribution >= 0.6 is 0 Å². The maximum absolute atomic E-state index is 11.3. The lowest BCUT2D eigenvalue weighted by atomic mass is 9.81. The number of unbranched alkanes of at least 4 members (excludes halogenated alkanes) is 1. The lowest BCUT2D eigenvalue weighted by Crippen LogP contribution is -2.32. The van der Waals surface area contributed by atoms with Crippen LogP contribution in [0.3, 0.4) is 0 Å². The molecule has 0 amide bonds. The molecule has 1 rings (SSSR count). The molecular formula is C13H25NO3. The summed E-state index contributed by atoms with van der Waals surface area (Å²) in [5.41, 5.74) is 5.42. The van der Waals surface area contributed by atoms with E-state index in [1.165, 1.54) is 0 Å². The summed E-state index contributed by atoms with van der Waals surface area (Å²) < 4.78 is 0. The van der Waals surface area contributed by atoms with Crippen molar-refractivity contribution in [3.8, 4) is 0 Å². The Morgan fingerprint density at radius 3 is 2.59 bits per heavy atom. The van der Waals surface area contributed by atoms with Gasteiger partial charge >= 0.3 is 5.97 Å². The van der Waals surface area contributed by atoms with Crippen LogP contribution < -0.4 is 5.73 Å². The van der Waals surface area contributed by atoms with Gasteiger partial charge in [-0.15, -0.1) is 0 Å². The van der Waals surface area contributed by atoms with E-state index in [0.717, 1.165) is 44.9 Å². The second-order valence-electron chi connectivity index (χ2n) is 5.10. The van der Waals surface area contributed by atoms with Gasteiger partial charge < -0.3 is 15.9 Å². The summed E-state index contributed by atoms with van der Waals surface area (Å²) in [6, 6.07) is 0. The van der Waals surface area contributed by atoms with Crippen LogP contribution in [-0.4, -0.2) is 28.8 Å². The van der Waals surface area contributed by atoms with Crippen molar-refractivity contribution in [1.29, 1.82) is 0 Å². The van der Waals surface area contributed by atoms with Crippen molar-refractivity contribution >= 4 is 5.97 Å². The predicted molar refractivity (Wildman–Crippen MR) is 66.6 cm³/mol. The predicted octanol–water partition coefficient (Wildman–Crippen LogP) is 1.76. The largest absolute Gasteiger partial charge is 0.481 e. The number of nitrogens with two attached hydrogens (primary N) is 1. The van der Waals surface area contributed by atoms with Gasteiger partial charge in [-0.2, -0.15) is 0 Å². The van der Waals surface area contributed by atoms with Gasteiger partial charge in [-0.3, -0.25) is 4.79 Å². The number of carbonyl (C=O) groups is 1.